The van der Waals surface area contributed by atoms with E-state index in [1.54, 1.807) is 42.7 Å². The molecule has 1 fully saturated rings. The number of hydrogen-bond acceptors (Lipinski definition) is 12. The molecule has 2 heterocycles. The number of methoxy groups -OCH3 is 6. The van der Waals surface area contributed by atoms with Crippen LogP contribution >= 0.6 is 23.1 Å². The standard InChI is InChI=1S/C74H66N4O6S2/c1-79-65-35-23-57(24-36-65)75(58-25-37-66(80-2)38-26-58)55-15-7-51(8-16-55)53-11-19-61(20-12-53)77(63-31-43-69(83-5)44-32-63)73-49-47-71(85-73)72-48-50-74(86-72)78(64-33-45-70(84-6)46-34-64)62-21-13-54(14-22-62)52-9-17-56(18-10-52)76(59-27-39-67(81-3)40-28-59)60-29-41-68(82-4)42-30-60/h7-47,49,72,74H,48,50H2,1-6H3. The first kappa shape index (κ1) is 56.7. The minimum atomic E-state index is 0.193. The van der Waals surface area contributed by atoms with Gasteiger partial charge >= 0.3 is 0 Å². The zero-order valence-electron chi connectivity index (χ0n) is 48.9. The van der Waals surface area contributed by atoms with Crippen LogP contribution in [0.15, 0.2) is 255 Å². The molecule has 11 aromatic rings. The third-order valence-corrected chi connectivity index (χ3v) is 18.5. The van der Waals surface area contributed by atoms with Gasteiger partial charge < -0.3 is 48.0 Å². The van der Waals surface area contributed by atoms with Crippen molar-refractivity contribution in [3.05, 3.63) is 260 Å². The fourth-order valence-electron chi connectivity index (χ4n) is 11.1. The maximum Gasteiger partial charge on any atom is 0.119 e. The Kier molecular flexibility index (Phi) is 17.2. The Labute approximate surface area is 512 Å². The predicted octanol–water partition coefficient (Wildman–Crippen LogP) is 20.3. The van der Waals surface area contributed by atoms with Crippen LogP contribution in [0.5, 0.6) is 34.5 Å². The minimum Gasteiger partial charge on any atom is -0.497 e. The summed E-state index contributed by atoms with van der Waals surface area (Å²) in [6.07, 6.45) is 2.06. The molecule has 10 aromatic carbocycles. The Hall–Kier alpha value is -9.75. The summed E-state index contributed by atoms with van der Waals surface area (Å²) in [6.45, 7) is 0. The molecule has 2 atom stereocenters. The van der Waals surface area contributed by atoms with Crippen molar-refractivity contribution in [3.63, 3.8) is 0 Å². The number of rotatable bonds is 21. The van der Waals surface area contributed by atoms with Gasteiger partial charge in [-0.25, -0.2) is 0 Å². The number of anilines is 11. The predicted molar refractivity (Wildman–Crippen MR) is 357 cm³/mol. The molecule has 0 spiro atoms. The Bertz CT molecular complexity index is 3870. The molecule has 1 saturated heterocycles. The molecule has 0 amide bonds. The highest BCUT2D eigenvalue weighted by atomic mass is 32.2. The smallest absolute Gasteiger partial charge is 0.119 e. The summed E-state index contributed by atoms with van der Waals surface area (Å²) in [5.41, 5.74) is 15.1. The second-order valence-electron chi connectivity index (χ2n) is 20.6. The minimum absolute atomic E-state index is 0.193. The topological polar surface area (TPSA) is 68.3 Å². The average Bonchev–Trinajstić information content (AvgIpc) is 2.98. The van der Waals surface area contributed by atoms with Gasteiger partial charge in [-0.1, -0.05) is 48.5 Å². The Morgan fingerprint density at radius 3 is 0.791 bits per heavy atom. The van der Waals surface area contributed by atoms with Crippen LogP contribution in [-0.4, -0.2) is 48.0 Å². The SMILES string of the molecule is COc1ccc(N(c2ccc(OC)cc2)c2ccc(-c3ccc(N(c4ccc(OC)cc4)c4ccc(C5CCC(N(c6ccc(OC)cc6)c6ccc(-c7ccc(N(c8ccc(OC)cc8)c8ccc(OC)cc8)cc7)cc6)S5)s4)cc3)cc2)cc1. The van der Waals surface area contributed by atoms with Gasteiger partial charge in [-0.15, -0.1) is 23.1 Å². The summed E-state index contributed by atoms with van der Waals surface area (Å²) < 4.78 is 33.2. The van der Waals surface area contributed by atoms with Crippen molar-refractivity contribution in [1.82, 2.24) is 0 Å². The first-order valence-corrected chi connectivity index (χ1v) is 30.3. The van der Waals surface area contributed by atoms with Crippen LogP contribution in [0, 0.1) is 0 Å². The fourth-order valence-corrected chi connectivity index (χ4v) is 13.9. The first-order valence-electron chi connectivity index (χ1n) is 28.5. The van der Waals surface area contributed by atoms with Crippen LogP contribution in [-0.2, 0) is 0 Å². The fraction of sp³-hybridized carbons (Fsp3) is 0.135. The average molecular weight is 1170 g/mol. The molecule has 86 heavy (non-hydrogen) atoms. The van der Waals surface area contributed by atoms with Crippen molar-refractivity contribution in [2.75, 3.05) is 62.3 Å². The number of thioether (sulfide) groups is 1. The molecule has 12 rings (SSSR count). The number of thiophene rings is 1. The van der Waals surface area contributed by atoms with Gasteiger partial charge in [0.1, 0.15) is 39.5 Å². The normalized spacial score (nSPS) is 13.6. The number of benzene rings is 10. The molecular formula is C74H66N4O6S2. The Balaban J connectivity index is 0.785. The highest BCUT2D eigenvalue weighted by Gasteiger charge is 2.34. The molecular weight excluding hydrogens is 1100 g/mol. The summed E-state index contributed by atoms with van der Waals surface area (Å²) in [7, 11) is 10.2. The van der Waals surface area contributed by atoms with Crippen molar-refractivity contribution < 1.29 is 28.4 Å². The van der Waals surface area contributed by atoms with Gasteiger partial charge in [-0.3, -0.25) is 0 Å². The van der Waals surface area contributed by atoms with Crippen molar-refractivity contribution in [3.8, 4) is 56.8 Å². The molecule has 1 aliphatic rings. The third-order valence-electron chi connectivity index (χ3n) is 15.6. The highest BCUT2D eigenvalue weighted by Crippen LogP contribution is 2.53. The van der Waals surface area contributed by atoms with E-state index in [-0.39, 0.29) is 5.37 Å². The van der Waals surface area contributed by atoms with Gasteiger partial charge in [0, 0.05) is 67.0 Å². The Morgan fingerprint density at radius 2 is 0.512 bits per heavy atom. The van der Waals surface area contributed by atoms with E-state index in [0.29, 0.717) is 5.25 Å². The third kappa shape index (κ3) is 12.3. The lowest BCUT2D eigenvalue weighted by atomic mass is 10.0. The highest BCUT2D eigenvalue weighted by molar-refractivity contribution is 8.00. The molecule has 0 bridgehead atoms. The second kappa shape index (κ2) is 26.0. The zero-order chi connectivity index (χ0) is 58.9. The largest absolute Gasteiger partial charge is 0.497 e. The lowest BCUT2D eigenvalue weighted by Gasteiger charge is -2.31. The summed E-state index contributed by atoms with van der Waals surface area (Å²) >= 11 is 3.90. The summed E-state index contributed by atoms with van der Waals surface area (Å²) in [5, 5.41) is 1.65. The van der Waals surface area contributed by atoms with E-state index in [1.807, 2.05) is 83.8 Å². The van der Waals surface area contributed by atoms with Crippen LogP contribution in [0.3, 0.4) is 0 Å². The van der Waals surface area contributed by atoms with Crippen LogP contribution in [0.25, 0.3) is 22.3 Å². The summed E-state index contributed by atoms with van der Waals surface area (Å²) in [6, 6.07) is 89.4. The lowest BCUT2D eigenvalue weighted by Crippen LogP contribution is -2.26. The molecule has 2 unspecified atom stereocenters. The molecule has 0 N–H and O–H groups in total. The van der Waals surface area contributed by atoms with Crippen LogP contribution < -0.4 is 48.0 Å². The van der Waals surface area contributed by atoms with Gasteiger partial charge in [-0.05, 0) is 241 Å². The van der Waals surface area contributed by atoms with Crippen molar-refractivity contribution in [1.29, 1.82) is 0 Å². The monoisotopic (exact) mass is 1170 g/mol. The molecule has 430 valence electrons. The lowest BCUT2D eigenvalue weighted by molar-refractivity contribution is 0.414. The van der Waals surface area contributed by atoms with Crippen LogP contribution in [0.1, 0.15) is 23.0 Å². The number of nitrogens with zero attached hydrogens (tertiary/aromatic N) is 4. The second-order valence-corrected chi connectivity index (χ2v) is 23.1. The van der Waals surface area contributed by atoms with Gasteiger partial charge in [0.15, 0.2) is 0 Å². The van der Waals surface area contributed by atoms with Crippen molar-refractivity contribution >= 4 is 85.0 Å². The molecule has 1 aromatic heterocycles. The van der Waals surface area contributed by atoms with E-state index in [1.165, 1.54) is 4.88 Å². The van der Waals surface area contributed by atoms with E-state index in [0.717, 1.165) is 131 Å². The van der Waals surface area contributed by atoms with Gasteiger partial charge in [0.25, 0.3) is 0 Å². The maximum absolute atomic E-state index is 5.63. The molecule has 12 heteroatoms. The van der Waals surface area contributed by atoms with Crippen LogP contribution in [0.2, 0.25) is 0 Å². The quantitative estimate of drug-likeness (QED) is 0.0691. The maximum atomic E-state index is 5.63. The molecule has 0 saturated carbocycles. The van der Waals surface area contributed by atoms with E-state index in [4.69, 9.17) is 28.4 Å². The molecule has 1 aliphatic heterocycles. The van der Waals surface area contributed by atoms with E-state index in [9.17, 15) is 0 Å². The first-order chi connectivity index (χ1) is 42.3. The van der Waals surface area contributed by atoms with Crippen molar-refractivity contribution in [2.24, 2.45) is 0 Å². The zero-order valence-corrected chi connectivity index (χ0v) is 50.5. The van der Waals surface area contributed by atoms with Gasteiger partial charge in [0.05, 0.1) is 48.0 Å². The summed E-state index contributed by atoms with van der Waals surface area (Å²) in [4.78, 5) is 10.7. The number of hydrogen-bond donors (Lipinski definition) is 0. The van der Waals surface area contributed by atoms with E-state index in [2.05, 4.69) is 214 Å². The molecule has 0 aliphatic carbocycles. The van der Waals surface area contributed by atoms with Crippen LogP contribution in [0.4, 0.5) is 61.9 Å². The summed E-state index contributed by atoms with van der Waals surface area (Å²) in [5.74, 6) is 4.88. The molecule has 0 radical (unpaired) electrons. The van der Waals surface area contributed by atoms with Crippen molar-refractivity contribution in [2.45, 2.75) is 23.5 Å². The van der Waals surface area contributed by atoms with E-state index < -0.39 is 0 Å². The van der Waals surface area contributed by atoms with Gasteiger partial charge in [-0.2, -0.15) is 0 Å². The van der Waals surface area contributed by atoms with Gasteiger partial charge in [0.2, 0.25) is 0 Å². The Morgan fingerprint density at radius 1 is 0.267 bits per heavy atom. The molecule has 10 nitrogen and oxygen atoms in total. The van der Waals surface area contributed by atoms with E-state index >= 15 is 0 Å². The number of ether oxygens (including phenoxy) is 6.